The Morgan fingerprint density at radius 1 is 1.14 bits per heavy atom. The van der Waals surface area contributed by atoms with Gasteiger partial charge in [-0.05, 0) is 29.6 Å². The van der Waals surface area contributed by atoms with Gasteiger partial charge in [0, 0.05) is 28.8 Å². The minimum atomic E-state index is -0.166. The van der Waals surface area contributed by atoms with Crippen molar-refractivity contribution >= 4 is 39.6 Å². The van der Waals surface area contributed by atoms with Crippen LogP contribution in [-0.4, -0.2) is 35.0 Å². The molecule has 1 aromatic carbocycles. The molecule has 0 fully saturated rings. The Morgan fingerprint density at radius 2 is 2.04 bits per heavy atom. The molecule has 0 bridgehead atoms. The number of amides is 2. The van der Waals surface area contributed by atoms with Crippen LogP contribution in [0, 0.1) is 0 Å². The summed E-state index contributed by atoms with van der Waals surface area (Å²) in [5.74, 6) is 1.03. The van der Waals surface area contributed by atoms with Crippen molar-refractivity contribution < 1.29 is 19.1 Å². The molecular formula is C19H15N3O4S2. The fraction of sp³-hybridized carbons (Fsp3) is 0.211. The molecule has 2 aromatic heterocycles. The van der Waals surface area contributed by atoms with Gasteiger partial charge in [0.2, 0.25) is 6.79 Å². The number of thiazole rings is 1. The highest BCUT2D eigenvalue weighted by Gasteiger charge is 2.26. The molecule has 28 heavy (non-hydrogen) atoms. The molecule has 4 heterocycles. The molecule has 0 unspecified atom stereocenters. The summed E-state index contributed by atoms with van der Waals surface area (Å²) in [7, 11) is 0. The minimum Gasteiger partial charge on any atom is -0.454 e. The molecule has 0 spiro atoms. The maximum Gasteiger partial charge on any atom is 0.258 e. The number of fused-ring (bicyclic) bond motifs is 2. The third kappa shape index (κ3) is 3.12. The Balaban J connectivity index is 1.30. The predicted molar refractivity (Wildman–Crippen MR) is 105 cm³/mol. The number of benzene rings is 1. The van der Waals surface area contributed by atoms with Gasteiger partial charge in [-0.3, -0.25) is 14.9 Å². The third-order valence-electron chi connectivity index (χ3n) is 4.64. The first-order chi connectivity index (χ1) is 13.7. The van der Waals surface area contributed by atoms with E-state index < -0.39 is 0 Å². The Labute approximate surface area is 168 Å². The van der Waals surface area contributed by atoms with Gasteiger partial charge in [-0.1, -0.05) is 11.3 Å². The lowest BCUT2D eigenvalue weighted by Gasteiger charge is -2.26. The number of carbonyl (C=O) groups excluding carboxylic acids is 2. The standard InChI is InChI=1S/C19H15N3O4S2/c23-17(12-4-6-27-9-12)21-19-20-13-3-5-22(8-16(13)28-19)18(24)11-1-2-14-15(7-11)26-10-25-14/h1-2,4,6-7,9H,3,5,8,10H2,(H,20,21,23). The van der Waals surface area contributed by atoms with Gasteiger partial charge in [-0.2, -0.15) is 11.3 Å². The Morgan fingerprint density at radius 3 is 2.89 bits per heavy atom. The predicted octanol–water partition coefficient (Wildman–Crippen LogP) is 3.38. The molecule has 5 rings (SSSR count). The van der Waals surface area contributed by atoms with Crippen LogP contribution < -0.4 is 14.8 Å². The van der Waals surface area contributed by atoms with Gasteiger partial charge in [-0.15, -0.1) is 0 Å². The van der Waals surface area contributed by atoms with E-state index in [0.29, 0.717) is 47.3 Å². The normalized spacial score (nSPS) is 14.6. The van der Waals surface area contributed by atoms with Crippen molar-refractivity contribution in [2.75, 3.05) is 18.7 Å². The number of carbonyl (C=O) groups is 2. The molecule has 2 amide bonds. The molecule has 9 heteroatoms. The van der Waals surface area contributed by atoms with Crippen LogP contribution in [0.25, 0.3) is 0 Å². The summed E-state index contributed by atoms with van der Waals surface area (Å²) >= 11 is 2.89. The molecule has 0 saturated carbocycles. The van der Waals surface area contributed by atoms with Gasteiger partial charge in [0.1, 0.15) is 0 Å². The highest BCUT2D eigenvalue weighted by Crippen LogP contribution is 2.34. The van der Waals surface area contributed by atoms with Crippen LogP contribution in [0.15, 0.2) is 35.0 Å². The highest BCUT2D eigenvalue weighted by molar-refractivity contribution is 7.16. The maximum atomic E-state index is 12.9. The van der Waals surface area contributed by atoms with Gasteiger partial charge in [-0.25, -0.2) is 4.98 Å². The summed E-state index contributed by atoms with van der Waals surface area (Å²) < 4.78 is 10.7. The summed E-state index contributed by atoms with van der Waals surface area (Å²) in [6.07, 6.45) is 0.663. The van der Waals surface area contributed by atoms with E-state index in [1.807, 2.05) is 5.38 Å². The zero-order valence-electron chi connectivity index (χ0n) is 14.6. The van der Waals surface area contributed by atoms with Crippen molar-refractivity contribution in [3.8, 4) is 11.5 Å². The first-order valence-corrected chi connectivity index (χ1v) is 10.4. The minimum absolute atomic E-state index is 0.0544. The zero-order valence-corrected chi connectivity index (χ0v) is 16.3. The zero-order chi connectivity index (χ0) is 19.1. The average Bonchev–Trinajstić information content (AvgIpc) is 3.45. The largest absolute Gasteiger partial charge is 0.454 e. The van der Waals surface area contributed by atoms with Gasteiger partial charge in [0.05, 0.1) is 17.8 Å². The van der Waals surface area contributed by atoms with E-state index in [1.165, 1.54) is 22.7 Å². The van der Waals surface area contributed by atoms with Crippen LogP contribution in [0.2, 0.25) is 0 Å². The first kappa shape index (κ1) is 17.2. The molecule has 1 N–H and O–H groups in total. The molecule has 0 saturated heterocycles. The quantitative estimate of drug-likeness (QED) is 0.712. The van der Waals surface area contributed by atoms with E-state index in [9.17, 15) is 9.59 Å². The van der Waals surface area contributed by atoms with Crippen LogP contribution in [0.4, 0.5) is 5.13 Å². The Bertz CT molecular complexity index is 1060. The molecule has 0 atom stereocenters. The van der Waals surface area contributed by atoms with Crippen LogP contribution in [0.3, 0.4) is 0 Å². The lowest BCUT2D eigenvalue weighted by atomic mass is 10.1. The summed E-state index contributed by atoms with van der Waals surface area (Å²) in [4.78, 5) is 32.4. The summed E-state index contributed by atoms with van der Waals surface area (Å²) in [6.45, 7) is 1.25. The van der Waals surface area contributed by atoms with Crippen LogP contribution in [0.5, 0.6) is 11.5 Å². The monoisotopic (exact) mass is 413 g/mol. The molecule has 2 aliphatic heterocycles. The lowest BCUT2D eigenvalue weighted by molar-refractivity contribution is 0.0735. The van der Waals surface area contributed by atoms with Crippen LogP contribution in [0.1, 0.15) is 31.3 Å². The Hall–Kier alpha value is -2.91. The number of nitrogens with zero attached hydrogens (tertiary/aromatic N) is 2. The number of aromatic nitrogens is 1. The second-order valence-electron chi connectivity index (χ2n) is 6.40. The molecule has 142 valence electrons. The van der Waals surface area contributed by atoms with Gasteiger partial charge >= 0.3 is 0 Å². The average molecular weight is 413 g/mol. The number of hydrogen-bond donors (Lipinski definition) is 1. The number of nitrogens with one attached hydrogen (secondary N) is 1. The van der Waals surface area contributed by atoms with E-state index in [1.54, 1.807) is 34.5 Å². The summed E-state index contributed by atoms with van der Waals surface area (Å²) in [5.41, 5.74) is 2.14. The number of ether oxygens (including phenoxy) is 2. The Kier molecular flexibility index (Phi) is 4.25. The van der Waals surface area contributed by atoms with Crippen molar-refractivity contribution in [1.29, 1.82) is 0 Å². The summed E-state index contributed by atoms with van der Waals surface area (Å²) in [5, 5.41) is 7.08. The summed E-state index contributed by atoms with van der Waals surface area (Å²) in [6, 6.07) is 7.01. The molecule has 2 aliphatic rings. The second-order valence-corrected chi connectivity index (χ2v) is 8.26. The van der Waals surface area contributed by atoms with E-state index in [-0.39, 0.29) is 18.6 Å². The van der Waals surface area contributed by atoms with Crippen molar-refractivity contribution in [1.82, 2.24) is 9.88 Å². The number of hydrogen-bond acceptors (Lipinski definition) is 7. The highest BCUT2D eigenvalue weighted by atomic mass is 32.1. The van der Waals surface area contributed by atoms with Crippen LogP contribution >= 0.6 is 22.7 Å². The topological polar surface area (TPSA) is 80.8 Å². The smallest absolute Gasteiger partial charge is 0.258 e. The van der Waals surface area contributed by atoms with Gasteiger partial charge in [0.25, 0.3) is 11.8 Å². The second kappa shape index (κ2) is 6.92. The fourth-order valence-electron chi connectivity index (χ4n) is 3.20. The number of thiophene rings is 1. The van der Waals surface area contributed by atoms with Crippen molar-refractivity contribution in [3.63, 3.8) is 0 Å². The maximum absolute atomic E-state index is 12.9. The fourth-order valence-corrected chi connectivity index (χ4v) is 4.85. The SMILES string of the molecule is O=C(Nc1nc2c(s1)CN(C(=O)c1ccc3c(c1)OCO3)CC2)c1ccsc1. The third-order valence-corrected chi connectivity index (χ3v) is 6.32. The van der Waals surface area contributed by atoms with E-state index in [2.05, 4.69) is 10.3 Å². The van der Waals surface area contributed by atoms with Crippen molar-refractivity contribution in [3.05, 3.63) is 56.7 Å². The van der Waals surface area contributed by atoms with Crippen molar-refractivity contribution in [2.45, 2.75) is 13.0 Å². The molecular weight excluding hydrogens is 398 g/mol. The van der Waals surface area contributed by atoms with E-state index in [4.69, 9.17) is 9.47 Å². The van der Waals surface area contributed by atoms with Crippen LogP contribution in [-0.2, 0) is 13.0 Å². The van der Waals surface area contributed by atoms with Crippen molar-refractivity contribution in [2.24, 2.45) is 0 Å². The van der Waals surface area contributed by atoms with E-state index >= 15 is 0 Å². The molecule has 3 aromatic rings. The first-order valence-electron chi connectivity index (χ1n) is 8.68. The van der Waals surface area contributed by atoms with Gasteiger partial charge in [0.15, 0.2) is 16.6 Å². The number of rotatable bonds is 3. The lowest BCUT2D eigenvalue weighted by Crippen LogP contribution is -2.35. The molecule has 0 radical (unpaired) electrons. The van der Waals surface area contributed by atoms with Gasteiger partial charge < -0.3 is 14.4 Å². The number of anilines is 1. The van der Waals surface area contributed by atoms with E-state index in [0.717, 1.165) is 10.6 Å². The molecule has 7 nitrogen and oxygen atoms in total. The molecule has 0 aliphatic carbocycles.